The average Bonchev–Trinajstić information content (AvgIpc) is 2.61. The molecule has 0 aromatic heterocycles. The summed E-state index contributed by atoms with van der Waals surface area (Å²) in [6, 6.07) is 8.04. The Kier molecular flexibility index (Phi) is 7.77. The van der Waals surface area contributed by atoms with Gasteiger partial charge < -0.3 is 14.5 Å². The van der Waals surface area contributed by atoms with Crippen LogP contribution in [0.25, 0.3) is 0 Å². The lowest BCUT2D eigenvalue weighted by atomic mass is 10.1. The predicted molar refractivity (Wildman–Crippen MR) is 103 cm³/mol. The second-order valence-corrected chi connectivity index (χ2v) is 6.96. The molecule has 27 heavy (non-hydrogen) atoms. The van der Waals surface area contributed by atoms with Crippen LogP contribution in [0.1, 0.15) is 17.5 Å². The minimum Gasteiger partial charge on any atom is -0.378 e. The first-order valence-corrected chi connectivity index (χ1v) is 9.20. The summed E-state index contributed by atoms with van der Waals surface area (Å²) in [7, 11) is 1.76. The van der Waals surface area contributed by atoms with E-state index in [0.717, 1.165) is 16.8 Å². The van der Waals surface area contributed by atoms with Crippen LogP contribution in [-0.4, -0.2) is 74.6 Å². The molecular weight excluding hydrogens is 344 g/mol. The molecule has 1 aliphatic rings. The Morgan fingerprint density at radius 1 is 1.15 bits per heavy atom. The molecule has 0 bridgehead atoms. The molecule has 1 aromatic rings. The molecule has 0 radical (unpaired) electrons. The molecule has 0 unspecified atom stereocenters. The van der Waals surface area contributed by atoms with Crippen molar-refractivity contribution < 1.29 is 14.3 Å². The number of nitriles is 1. The number of benzene rings is 1. The number of hydrogen-bond acceptors (Lipinski definition) is 5. The molecule has 0 N–H and O–H groups in total. The fraction of sp³-hybridized carbons (Fsp3) is 0.550. The molecule has 0 aliphatic carbocycles. The van der Waals surface area contributed by atoms with Gasteiger partial charge in [0.05, 0.1) is 38.8 Å². The third-order valence-electron chi connectivity index (χ3n) is 4.44. The van der Waals surface area contributed by atoms with E-state index in [4.69, 9.17) is 10.00 Å². The monoisotopic (exact) mass is 372 g/mol. The van der Waals surface area contributed by atoms with Crippen molar-refractivity contribution >= 4 is 17.5 Å². The van der Waals surface area contributed by atoms with Crippen molar-refractivity contribution in [2.24, 2.45) is 0 Å². The number of hydrogen-bond donors (Lipinski definition) is 0. The van der Waals surface area contributed by atoms with E-state index in [-0.39, 0.29) is 31.3 Å². The highest BCUT2D eigenvalue weighted by Gasteiger charge is 2.22. The zero-order valence-electron chi connectivity index (χ0n) is 16.4. The maximum atomic E-state index is 12.9. The molecule has 1 heterocycles. The second kappa shape index (κ2) is 10.0. The molecule has 7 heteroatoms. The van der Waals surface area contributed by atoms with Gasteiger partial charge in [-0.1, -0.05) is 6.07 Å². The quantitative estimate of drug-likeness (QED) is 0.722. The number of carbonyl (C=O) groups excluding carboxylic acids is 2. The van der Waals surface area contributed by atoms with Crippen molar-refractivity contribution in [3.63, 3.8) is 0 Å². The van der Waals surface area contributed by atoms with E-state index in [9.17, 15) is 9.59 Å². The topological polar surface area (TPSA) is 76.9 Å². The molecule has 1 saturated heterocycles. The molecule has 1 fully saturated rings. The smallest absolute Gasteiger partial charge is 0.241 e. The number of likely N-dealkylation sites (N-methyl/N-ethyl adjacent to an activating group) is 1. The van der Waals surface area contributed by atoms with Crippen LogP contribution < -0.4 is 4.90 Å². The van der Waals surface area contributed by atoms with Gasteiger partial charge in [0.2, 0.25) is 11.8 Å². The highest BCUT2D eigenvalue weighted by molar-refractivity contribution is 5.95. The minimum atomic E-state index is -0.118. The standard InChI is InChI=1S/C20H28N4O3/c1-16-11-17(2)13-18(12-16)24(6-4-5-21)20(26)15-22(3)14-19(25)23-7-9-27-10-8-23/h11-13H,4,6-10,14-15H2,1-3H3. The molecule has 2 amide bonds. The molecule has 2 rings (SSSR count). The largest absolute Gasteiger partial charge is 0.378 e. The normalized spacial score (nSPS) is 14.1. The Bertz CT molecular complexity index is 687. The Labute approximate surface area is 161 Å². The highest BCUT2D eigenvalue weighted by Crippen LogP contribution is 2.19. The number of aryl methyl sites for hydroxylation is 2. The van der Waals surface area contributed by atoms with E-state index in [1.807, 2.05) is 32.0 Å². The first-order chi connectivity index (χ1) is 12.9. The Morgan fingerprint density at radius 2 is 1.78 bits per heavy atom. The average molecular weight is 372 g/mol. The van der Waals surface area contributed by atoms with Crippen LogP contribution in [0.5, 0.6) is 0 Å². The number of anilines is 1. The van der Waals surface area contributed by atoms with E-state index < -0.39 is 0 Å². The van der Waals surface area contributed by atoms with Crippen LogP contribution in [0.4, 0.5) is 5.69 Å². The number of rotatable bonds is 7. The molecular formula is C20H28N4O3. The lowest BCUT2D eigenvalue weighted by Gasteiger charge is -2.29. The van der Waals surface area contributed by atoms with Crippen molar-refractivity contribution in [3.05, 3.63) is 29.3 Å². The maximum absolute atomic E-state index is 12.9. The Balaban J connectivity index is 2.01. The minimum absolute atomic E-state index is 0.00331. The van der Waals surface area contributed by atoms with Gasteiger partial charge in [-0.3, -0.25) is 14.5 Å². The van der Waals surface area contributed by atoms with Crippen LogP contribution in [0.15, 0.2) is 18.2 Å². The first kappa shape index (κ1) is 20.9. The van der Waals surface area contributed by atoms with Gasteiger partial charge in [-0.2, -0.15) is 5.26 Å². The molecule has 0 atom stereocenters. The van der Waals surface area contributed by atoms with Crippen molar-refractivity contribution in [3.8, 4) is 6.07 Å². The third kappa shape index (κ3) is 6.35. The molecule has 0 saturated carbocycles. The maximum Gasteiger partial charge on any atom is 0.241 e. The van der Waals surface area contributed by atoms with Crippen molar-refractivity contribution in [1.29, 1.82) is 5.26 Å². The van der Waals surface area contributed by atoms with Crippen LogP contribution >= 0.6 is 0 Å². The number of morpholine rings is 1. The van der Waals surface area contributed by atoms with E-state index in [1.54, 1.807) is 21.7 Å². The van der Waals surface area contributed by atoms with Gasteiger partial charge in [0.1, 0.15) is 0 Å². The zero-order chi connectivity index (χ0) is 19.8. The SMILES string of the molecule is Cc1cc(C)cc(N(CCC#N)C(=O)CN(C)CC(=O)N2CCOCC2)c1. The van der Waals surface area contributed by atoms with Gasteiger partial charge in [-0.05, 0) is 44.2 Å². The summed E-state index contributed by atoms with van der Waals surface area (Å²) in [5.41, 5.74) is 2.92. The van der Waals surface area contributed by atoms with Crippen LogP contribution in [0.2, 0.25) is 0 Å². The van der Waals surface area contributed by atoms with Gasteiger partial charge in [-0.25, -0.2) is 0 Å². The summed E-state index contributed by atoms with van der Waals surface area (Å²) in [6.07, 6.45) is 0.259. The first-order valence-electron chi connectivity index (χ1n) is 9.20. The van der Waals surface area contributed by atoms with Crippen molar-refractivity contribution in [2.75, 3.05) is 57.9 Å². The van der Waals surface area contributed by atoms with Gasteiger partial charge in [0.15, 0.2) is 0 Å². The van der Waals surface area contributed by atoms with E-state index >= 15 is 0 Å². The molecule has 0 spiro atoms. The zero-order valence-corrected chi connectivity index (χ0v) is 16.4. The van der Waals surface area contributed by atoms with Gasteiger partial charge in [0.25, 0.3) is 0 Å². The third-order valence-corrected chi connectivity index (χ3v) is 4.44. The van der Waals surface area contributed by atoms with Crippen LogP contribution in [0, 0.1) is 25.2 Å². The fourth-order valence-corrected chi connectivity index (χ4v) is 3.18. The molecule has 1 aromatic carbocycles. The highest BCUT2D eigenvalue weighted by atomic mass is 16.5. The summed E-state index contributed by atoms with van der Waals surface area (Å²) >= 11 is 0. The van der Waals surface area contributed by atoms with E-state index in [2.05, 4.69) is 6.07 Å². The molecule has 7 nitrogen and oxygen atoms in total. The number of nitrogens with zero attached hydrogens (tertiary/aromatic N) is 4. The molecule has 1 aliphatic heterocycles. The Hall–Kier alpha value is -2.43. The van der Waals surface area contributed by atoms with E-state index in [0.29, 0.717) is 32.8 Å². The van der Waals surface area contributed by atoms with Crippen LogP contribution in [-0.2, 0) is 14.3 Å². The summed E-state index contributed by atoms with van der Waals surface area (Å²) < 4.78 is 5.26. The summed E-state index contributed by atoms with van der Waals surface area (Å²) in [5.74, 6) is -0.115. The fourth-order valence-electron chi connectivity index (χ4n) is 3.18. The summed E-state index contributed by atoms with van der Waals surface area (Å²) in [4.78, 5) is 30.4. The lowest BCUT2D eigenvalue weighted by molar-refractivity contribution is -0.136. The molecule has 146 valence electrons. The van der Waals surface area contributed by atoms with Crippen LogP contribution in [0.3, 0.4) is 0 Å². The Morgan fingerprint density at radius 3 is 2.37 bits per heavy atom. The lowest BCUT2D eigenvalue weighted by Crippen LogP contribution is -2.47. The second-order valence-electron chi connectivity index (χ2n) is 6.96. The summed E-state index contributed by atoms with van der Waals surface area (Å²) in [5, 5.41) is 8.94. The van der Waals surface area contributed by atoms with E-state index in [1.165, 1.54) is 0 Å². The van der Waals surface area contributed by atoms with Gasteiger partial charge in [-0.15, -0.1) is 0 Å². The van der Waals surface area contributed by atoms with Gasteiger partial charge in [0, 0.05) is 25.3 Å². The number of ether oxygens (including phenoxy) is 1. The predicted octanol–water partition coefficient (Wildman–Crippen LogP) is 1.34. The number of amides is 2. The summed E-state index contributed by atoms with van der Waals surface area (Å²) in [6.45, 7) is 6.91. The van der Waals surface area contributed by atoms with Gasteiger partial charge >= 0.3 is 0 Å². The van der Waals surface area contributed by atoms with Crippen molar-refractivity contribution in [1.82, 2.24) is 9.80 Å². The van der Waals surface area contributed by atoms with Crippen molar-refractivity contribution in [2.45, 2.75) is 20.3 Å². The number of carbonyl (C=O) groups is 2.